The van der Waals surface area contributed by atoms with Crippen molar-refractivity contribution >= 4 is 22.4 Å². The second kappa shape index (κ2) is 7.02. The summed E-state index contributed by atoms with van der Waals surface area (Å²) in [4.78, 5) is 0. The Bertz CT molecular complexity index is 346. The summed E-state index contributed by atoms with van der Waals surface area (Å²) in [5.74, 6) is 0. The van der Waals surface area contributed by atoms with Crippen LogP contribution in [-0.4, -0.2) is 63.5 Å². The Morgan fingerprint density at radius 1 is 1.33 bits per heavy atom. The van der Waals surface area contributed by atoms with Gasteiger partial charge in [0.15, 0.2) is 0 Å². The van der Waals surface area contributed by atoms with Crippen LogP contribution >= 0.6 is 12.4 Å². The Kier molecular flexibility index (Phi) is 6.29. The third kappa shape index (κ3) is 3.55. The van der Waals surface area contributed by atoms with E-state index in [0.717, 1.165) is 6.42 Å². The predicted octanol–water partition coefficient (Wildman–Crippen LogP) is -0.423. The lowest BCUT2D eigenvalue weighted by molar-refractivity contribution is 0.00328. The van der Waals surface area contributed by atoms with Crippen LogP contribution < -0.4 is 5.73 Å². The lowest BCUT2D eigenvalue weighted by Gasteiger charge is -2.35. The normalized spacial score (nSPS) is 30.7. The molecule has 18 heavy (non-hydrogen) atoms. The molecular weight excluding hydrogens is 280 g/mol. The maximum Gasteiger partial charge on any atom is 0.219 e. The molecule has 0 aromatic carbocycles. The second-order valence-corrected chi connectivity index (χ2v) is 6.68. The molecule has 0 saturated carbocycles. The Labute approximate surface area is 114 Å². The monoisotopic (exact) mass is 300 g/mol. The minimum atomic E-state index is -3.26. The van der Waals surface area contributed by atoms with Crippen molar-refractivity contribution in [1.82, 2.24) is 4.31 Å². The fourth-order valence-electron chi connectivity index (χ4n) is 2.22. The van der Waals surface area contributed by atoms with E-state index in [-0.39, 0.29) is 18.5 Å². The van der Waals surface area contributed by atoms with Gasteiger partial charge in [-0.05, 0) is 12.8 Å². The van der Waals surface area contributed by atoms with E-state index >= 15 is 0 Å². The van der Waals surface area contributed by atoms with E-state index in [2.05, 4.69) is 0 Å². The molecule has 0 bridgehead atoms. The fourth-order valence-corrected chi connectivity index (χ4v) is 4.08. The molecule has 2 saturated heterocycles. The Morgan fingerprint density at radius 2 is 2.11 bits per heavy atom. The summed E-state index contributed by atoms with van der Waals surface area (Å²) in [5, 5.41) is -0.396. The first kappa shape index (κ1) is 16.1. The van der Waals surface area contributed by atoms with E-state index in [4.69, 9.17) is 15.2 Å². The average molecular weight is 301 g/mol. The third-order valence-electron chi connectivity index (χ3n) is 3.26. The second-order valence-electron chi connectivity index (χ2n) is 4.47. The number of halogens is 1. The van der Waals surface area contributed by atoms with E-state index < -0.39 is 15.3 Å². The zero-order valence-electron chi connectivity index (χ0n) is 10.3. The van der Waals surface area contributed by atoms with Crippen LogP contribution in [0.1, 0.15) is 12.8 Å². The molecule has 0 amide bonds. The number of hydrogen-bond donors (Lipinski definition) is 1. The summed E-state index contributed by atoms with van der Waals surface area (Å²) >= 11 is 0. The smallest absolute Gasteiger partial charge is 0.219 e. The first-order chi connectivity index (χ1) is 8.14. The van der Waals surface area contributed by atoms with Gasteiger partial charge in [-0.2, -0.15) is 4.31 Å². The Balaban J connectivity index is 0.00000162. The van der Waals surface area contributed by atoms with Crippen molar-refractivity contribution in [3.8, 4) is 0 Å². The number of morpholine rings is 1. The summed E-state index contributed by atoms with van der Waals surface area (Å²) in [7, 11) is -3.26. The summed E-state index contributed by atoms with van der Waals surface area (Å²) in [6, 6.07) is 0. The molecule has 0 radical (unpaired) electrons. The molecule has 2 heterocycles. The molecule has 6 nitrogen and oxygen atoms in total. The molecule has 0 aromatic heterocycles. The van der Waals surface area contributed by atoms with Crippen molar-refractivity contribution in [2.75, 3.05) is 39.5 Å². The first-order valence-electron chi connectivity index (χ1n) is 6.03. The van der Waals surface area contributed by atoms with Crippen molar-refractivity contribution in [1.29, 1.82) is 0 Å². The minimum absolute atomic E-state index is 0. The van der Waals surface area contributed by atoms with Gasteiger partial charge in [-0.15, -0.1) is 12.4 Å². The molecule has 2 N–H and O–H groups in total. The van der Waals surface area contributed by atoms with Crippen molar-refractivity contribution in [3.05, 3.63) is 0 Å². The topological polar surface area (TPSA) is 81.9 Å². The Morgan fingerprint density at radius 3 is 2.72 bits per heavy atom. The molecule has 2 aliphatic heterocycles. The zero-order chi connectivity index (χ0) is 12.3. The zero-order valence-corrected chi connectivity index (χ0v) is 11.9. The van der Waals surface area contributed by atoms with Gasteiger partial charge in [0.25, 0.3) is 0 Å². The molecule has 2 aliphatic rings. The summed E-state index contributed by atoms with van der Waals surface area (Å²) in [6.45, 7) is 2.56. The van der Waals surface area contributed by atoms with Crippen LogP contribution in [-0.2, 0) is 19.5 Å². The Hall–Kier alpha value is 0.0800. The largest absolute Gasteiger partial charge is 0.380 e. The summed E-state index contributed by atoms with van der Waals surface area (Å²) in [5.41, 5.74) is 5.52. The maximum absolute atomic E-state index is 12.4. The van der Waals surface area contributed by atoms with Crippen LogP contribution in [0.5, 0.6) is 0 Å². The molecule has 2 atom stereocenters. The molecule has 0 aromatic rings. The predicted molar refractivity (Wildman–Crippen MR) is 70.4 cm³/mol. The van der Waals surface area contributed by atoms with E-state index in [9.17, 15) is 8.42 Å². The number of nitrogens with zero attached hydrogens (tertiary/aromatic N) is 1. The fraction of sp³-hybridized carbons (Fsp3) is 1.00. The van der Waals surface area contributed by atoms with Crippen LogP contribution in [0.15, 0.2) is 0 Å². The molecule has 0 aliphatic carbocycles. The molecule has 108 valence electrons. The highest BCUT2D eigenvalue weighted by Gasteiger charge is 2.36. The van der Waals surface area contributed by atoms with Crippen LogP contribution in [0.25, 0.3) is 0 Å². The number of rotatable bonds is 3. The molecule has 0 spiro atoms. The van der Waals surface area contributed by atoms with Gasteiger partial charge in [0, 0.05) is 26.2 Å². The van der Waals surface area contributed by atoms with Gasteiger partial charge in [-0.25, -0.2) is 8.42 Å². The molecule has 8 heteroatoms. The van der Waals surface area contributed by atoms with Crippen molar-refractivity contribution in [2.24, 2.45) is 5.73 Å². The van der Waals surface area contributed by atoms with Gasteiger partial charge in [0.1, 0.15) is 0 Å². The number of ether oxygens (including phenoxy) is 2. The van der Waals surface area contributed by atoms with Gasteiger partial charge in [-0.1, -0.05) is 0 Å². The van der Waals surface area contributed by atoms with Gasteiger partial charge in [0.05, 0.1) is 24.6 Å². The number of hydrogen-bond acceptors (Lipinski definition) is 5. The van der Waals surface area contributed by atoms with E-state index in [0.29, 0.717) is 45.9 Å². The number of sulfonamides is 1. The average Bonchev–Trinajstić information content (AvgIpc) is 2.40. The van der Waals surface area contributed by atoms with Gasteiger partial charge in [-0.3, -0.25) is 0 Å². The van der Waals surface area contributed by atoms with E-state index in [1.165, 1.54) is 4.31 Å². The molecular formula is C10H21ClN2O4S. The highest BCUT2D eigenvalue weighted by molar-refractivity contribution is 7.89. The van der Waals surface area contributed by atoms with E-state index in [1.807, 2.05) is 0 Å². The van der Waals surface area contributed by atoms with Crippen molar-refractivity contribution in [2.45, 2.75) is 24.2 Å². The summed E-state index contributed by atoms with van der Waals surface area (Å²) < 4.78 is 36.8. The van der Waals surface area contributed by atoms with Gasteiger partial charge < -0.3 is 15.2 Å². The maximum atomic E-state index is 12.4. The van der Waals surface area contributed by atoms with Gasteiger partial charge >= 0.3 is 0 Å². The molecule has 2 rings (SSSR count). The highest BCUT2D eigenvalue weighted by Crippen LogP contribution is 2.20. The van der Waals surface area contributed by atoms with Crippen LogP contribution in [0, 0.1) is 0 Å². The highest BCUT2D eigenvalue weighted by atomic mass is 35.5. The van der Waals surface area contributed by atoms with E-state index in [1.54, 1.807) is 0 Å². The standard InChI is InChI=1S/C10H20N2O4S.ClH/c11-6-9-7-12(3-5-16-9)17(13,14)10-2-1-4-15-8-10;/h9-10H,1-8,11H2;1H. The van der Waals surface area contributed by atoms with Crippen LogP contribution in [0.2, 0.25) is 0 Å². The SMILES string of the molecule is Cl.NCC1CN(S(=O)(=O)C2CCCOC2)CCO1. The lowest BCUT2D eigenvalue weighted by Crippen LogP contribution is -2.51. The van der Waals surface area contributed by atoms with Crippen LogP contribution in [0.3, 0.4) is 0 Å². The van der Waals surface area contributed by atoms with Crippen molar-refractivity contribution < 1.29 is 17.9 Å². The van der Waals surface area contributed by atoms with Crippen molar-refractivity contribution in [3.63, 3.8) is 0 Å². The minimum Gasteiger partial charge on any atom is -0.380 e. The molecule has 2 unspecified atom stereocenters. The number of nitrogens with two attached hydrogens (primary N) is 1. The summed E-state index contributed by atoms with van der Waals surface area (Å²) in [6.07, 6.45) is 1.32. The first-order valence-corrected chi connectivity index (χ1v) is 7.53. The molecule has 2 fully saturated rings. The third-order valence-corrected chi connectivity index (χ3v) is 5.53. The van der Waals surface area contributed by atoms with Gasteiger partial charge in [0.2, 0.25) is 10.0 Å². The van der Waals surface area contributed by atoms with Crippen LogP contribution in [0.4, 0.5) is 0 Å². The quantitative estimate of drug-likeness (QED) is 0.765. The lowest BCUT2D eigenvalue weighted by atomic mass is 10.2.